The lowest BCUT2D eigenvalue weighted by atomic mass is 10.3. The lowest BCUT2D eigenvalue weighted by molar-refractivity contribution is -0.136. The van der Waals surface area contributed by atoms with Crippen LogP contribution in [0.15, 0.2) is 0 Å². The van der Waals surface area contributed by atoms with Crippen molar-refractivity contribution in [2.45, 2.75) is 6.42 Å². The molecule has 2 aliphatic rings. The largest absolute Gasteiger partial charge is 0.449 e. The third kappa shape index (κ3) is 2.91. The molecule has 0 atom stereocenters. The van der Waals surface area contributed by atoms with Gasteiger partial charge in [-0.05, 0) is 6.42 Å². The number of piperazine rings is 1. The highest BCUT2D eigenvalue weighted by Crippen LogP contribution is 2.06. The summed E-state index contributed by atoms with van der Waals surface area (Å²) in [6.45, 7) is 3.24. The van der Waals surface area contributed by atoms with Crippen LogP contribution in [0.4, 0.5) is 4.79 Å². The van der Waals surface area contributed by atoms with Gasteiger partial charge < -0.3 is 14.5 Å². The predicted octanol–water partition coefficient (Wildman–Crippen LogP) is -0.871. The molecule has 2 fully saturated rings. The Balaban J connectivity index is 1.81. The summed E-state index contributed by atoms with van der Waals surface area (Å²) in [5.74, 6) is -0.0839. The first-order chi connectivity index (χ1) is 8.70. The first-order valence-corrected chi connectivity index (χ1v) is 6.09. The zero-order valence-corrected chi connectivity index (χ0v) is 10.2. The molecule has 0 unspecified atom stereocenters. The van der Waals surface area contributed by atoms with Gasteiger partial charge in [0.1, 0.15) is 6.54 Å². The normalized spacial score (nSPS) is 20.7. The minimum absolute atomic E-state index is 0.0694. The first kappa shape index (κ1) is 12.7. The molecule has 0 radical (unpaired) electrons. The van der Waals surface area contributed by atoms with E-state index in [2.05, 4.69) is 0 Å². The van der Waals surface area contributed by atoms with E-state index in [9.17, 15) is 14.4 Å². The average Bonchev–Trinajstić information content (AvgIpc) is 2.41. The Morgan fingerprint density at radius 2 is 1.94 bits per heavy atom. The van der Waals surface area contributed by atoms with Crippen LogP contribution in [0, 0.1) is 0 Å². The van der Waals surface area contributed by atoms with Crippen LogP contribution in [0.1, 0.15) is 6.42 Å². The average molecular weight is 255 g/mol. The lowest BCUT2D eigenvalue weighted by Crippen LogP contribution is -2.52. The number of carbonyl (C=O) groups excluding carboxylic acids is 3. The summed E-state index contributed by atoms with van der Waals surface area (Å²) in [4.78, 5) is 38.7. The van der Waals surface area contributed by atoms with E-state index in [1.54, 1.807) is 9.80 Å². The Morgan fingerprint density at radius 3 is 2.56 bits per heavy atom. The third-order valence-electron chi connectivity index (χ3n) is 3.20. The summed E-state index contributed by atoms with van der Waals surface area (Å²) in [5, 5.41) is 0. The van der Waals surface area contributed by atoms with Gasteiger partial charge in [0.05, 0.1) is 6.61 Å². The molecule has 0 spiro atoms. The van der Waals surface area contributed by atoms with Gasteiger partial charge >= 0.3 is 6.09 Å². The monoisotopic (exact) mass is 255 g/mol. The van der Waals surface area contributed by atoms with Crippen LogP contribution in [-0.2, 0) is 14.3 Å². The second-order valence-corrected chi connectivity index (χ2v) is 4.41. The predicted molar refractivity (Wildman–Crippen MR) is 61.8 cm³/mol. The summed E-state index contributed by atoms with van der Waals surface area (Å²) in [6.07, 6.45) is 1.14. The van der Waals surface area contributed by atoms with E-state index in [4.69, 9.17) is 4.74 Å². The molecule has 0 N–H and O–H groups in total. The Morgan fingerprint density at radius 1 is 1.22 bits per heavy atom. The zero-order valence-electron chi connectivity index (χ0n) is 10.2. The topological polar surface area (TPSA) is 70.2 Å². The Kier molecular flexibility index (Phi) is 4.01. The van der Waals surface area contributed by atoms with E-state index in [-0.39, 0.29) is 12.5 Å². The number of hydrogen-bond donors (Lipinski definition) is 0. The second-order valence-electron chi connectivity index (χ2n) is 4.41. The molecule has 0 aromatic rings. The standard InChI is InChI=1S/C11H17N3O4/c15-9-12-3-5-13(6-4-12)10(16)8-14-2-1-7-18-11(14)17/h9H,1-8H2. The van der Waals surface area contributed by atoms with E-state index in [1.165, 1.54) is 4.90 Å². The molecule has 2 saturated heterocycles. The fourth-order valence-electron chi connectivity index (χ4n) is 2.08. The van der Waals surface area contributed by atoms with Crippen molar-refractivity contribution in [2.75, 3.05) is 45.9 Å². The van der Waals surface area contributed by atoms with Crippen LogP contribution in [0.3, 0.4) is 0 Å². The van der Waals surface area contributed by atoms with E-state index in [0.29, 0.717) is 39.3 Å². The molecule has 2 aliphatic heterocycles. The van der Waals surface area contributed by atoms with Gasteiger partial charge in [0.2, 0.25) is 12.3 Å². The maximum absolute atomic E-state index is 12.0. The molecule has 7 heteroatoms. The van der Waals surface area contributed by atoms with E-state index < -0.39 is 6.09 Å². The minimum Gasteiger partial charge on any atom is -0.449 e. The highest BCUT2D eigenvalue weighted by atomic mass is 16.6. The SMILES string of the molecule is O=CN1CCN(C(=O)CN2CCCOC2=O)CC1. The van der Waals surface area contributed by atoms with Crippen LogP contribution < -0.4 is 0 Å². The summed E-state index contributed by atoms with van der Waals surface area (Å²) in [5.41, 5.74) is 0. The number of amides is 3. The van der Waals surface area contributed by atoms with Gasteiger partial charge in [-0.3, -0.25) is 14.5 Å². The van der Waals surface area contributed by atoms with Gasteiger partial charge in [-0.1, -0.05) is 0 Å². The molecule has 0 aromatic carbocycles. The summed E-state index contributed by atoms with van der Waals surface area (Å²) in [6, 6.07) is 0. The number of rotatable bonds is 3. The molecule has 100 valence electrons. The molecule has 2 heterocycles. The summed E-state index contributed by atoms with van der Waals surface area (Å²) in [7, 11) is 0. The number of cyclic esters (lactones) is 1. The van der Waals surface area contributed by atoms with Gasteiger partial charge in [-0.15, -0.1) is 0 Å². The third-order valence-corrected chi connectivity index (χ3v) is 3.20. The van der Waals surface area contributed by atoms with Crippen molar-refractivity contribution in [3.05, 3.63) is 0 Å². The van der Waals surface area contributed by atoms with Crippen LogP contribution in [0.2, 0.25) is 0 Å². The van der Waals surface area contributed by atoms with E-state index in [1.807, 2.05) is 0 Å². The number of hydrogen-bond acceptors (Lipinski definition) is 4. The molecular formula is C11H17N3O4. The van der Waals surface area contributed by atoms with Crippen molar-refractivity contribution in [3.8, 4) is 0 Å². The minimum atomic E-state index is -0.416. The first-order valence-electron chi connectivity index (χ1n) is 6.09. The summed E-state index contributed by atoms with van der Waals surface area (Å²) < 4.78 is 4.87. The van der Waals surface area contributed by atoms with Gasteiger partial charge in [-0.2, -0.15) is 0 Å². The van der Waals surface area contributed by atoms with E-state index >= 15 is 0 Å². The van der Waals surface area contributed by atoms with Gasteiger partial charge in [0.25, 0.3) is 0 Å². The van der Waals surface area contributed by atoms with Crippen molar-refractivity contribution in [2.24, 2.45) is 0 Å². The van der Waals surface area contributed by atoms with Crippen molar-refractivity contribution in [1.82, 2.24) is 14.7 Å². The highest BCUT2D eigenvalue weighted by molar-refractivity contribution is 5.82. The fraction of sp³-hybridized carbons (Fsp3) is 0.727. The molecule has 0 saturated carbocycles. The highest BCUT2D eigenvalue weighted by Gasteiger charge is 2.26. The van der Waals surface area contributed by atoms with E-state index in [0.717, 1.165) is 12.8 Å². The number of ether oxygens (including phenoxy) is 1. The van der Waals surface area contributed by atoms with Crippen molar-refractivity contribution in [3.63, 3.8) is 0 Å². The molecule has 0 bridgehead atoms. The van der Waals surface area contributed by atoms with Gasteiger partial charge in [0, 0.05) is 32.7 Å². The number of nitrogens with zero attached hydrogens (tertiary/aromatic N) is 3. The molecule has 2 rings (SSSR count). The molecule has 0 aliphatic carbocycles. The summed E-state index contributed by atoms with van der Waals surface area (Å²) >= 11 is 0. The Labute approximate surface area is 105 Å². The van der Waals surface area contributed by atoms with Crippen molar-refractivity contribution < 1.29 is 19.1 Å². The Bertz CT molecular complexity index is 339. The van der Waals surface area contributed by atoms with Crippen molar-refractivity contribution in [1.29, 1.82) is 0 Å². The molecule has 18 heavy (non-hydrogen) atoms. The fourth-order valence-corrected chi connectivity index (χ4v) is 2.08. The smallest absolute Gasteiger partial charge is 0.410 e. The number of carbonyl (C=O) groups is 3. The van der Waals surface area contributed by atoms with Gasteiger partial charge in [-0.25, -0.2) is 4.79 Å². The van der Waals surface area contributed by atoms with Crippen molar-refractivity contribution >= 4 is 18.4 Å². The lowest BCUT2D eigenvalue weighted by Gasteiger charge is -2.34. The van der Waals surface area contributed by atoms with Crippen LogP contribution in [0.25, 0.3) is 0 Å². The molecular weight excluding hydrogens is 238 g/mol. The van der Waals surface area contributed by atoms with Crippen LogP contribution in [-0.4, -0.2) is 79.0 Å². The maximum atomic E-state index is 12.0. The zero-order chi connectivity index (χ0) is 13.0. The van der Waals surface area contributed by atoms with Gasteiger partial charge in [0.15, 0.2) is 0 Å². The molecule has 0 aromatic heterocycles. The maximum Gasteiger partial charge on any atom is 0.410 e. The second kappa shape index (κ2) is 5.70. The van der Waals surface area contributed by atoms with Crippen LogP contribution in [0.5, 0.6) is 0 Å². The quantitative estimate of drug-likeness (QED) is 0.615. The molecule has 7 nitrogen and oxygen atoms in total. The van der Waals surface area contributed by atoms with Crippen LogP contribution >= 0.6 is 0 Å². The molecule has 3 amide bonds. The Hall–Kier alpha value is -1.79.